The number of alkyl halides is 3. The summed E-state index contributed by atoms with van der Waals surface area (Å²) in [6.07, 6.45) is -1.26. The normalized spacial score (nSPS) is 11.7. The maximum atomic E-state index is 12.2. The summed E-state index contributed by atoms with van der Waals surface area (Å²) in [7, 11) is 0. The zero-order valence-electron chi connectivity index (χ0n) is 8.35. The number of halogens is 3. The molecule has 17 heavy (non-hydrogen) atoms. The van der Waals surface area contributed by atoms with Crippen molar-refractivity contribution in [2.24, 2.45) is 0 Å². The van der Waals surface area contributed by atoms with Crippen LogP contribution in [0.15, 0.2) is 12.4 Å². The first-order chi connectivity index (χ1) is 8.05. The number of rotatable bonds is 4. The van der Waals surface area contributed by atoms with Gasteiger partial charge in [0.25, 0.3) is 0 Å². The summed E-state index contributed by atoms with van der Waals surface area (Å²) in [6.45, 7) is 0.886. The minimum absolute atomic E-state index is 0.137. The molecule has 1 N–H and O–H groups in total. The van der Waals surface area contributed by atoms with Gasteiger partial charge in [-0.2, -0.15) is 13.2 Å². The van der Waals surface area contributed by atoms with Crippen molar-refractivity contribution in [1.82, 2.24) is 25.2 Å². The molecule has 10 heteroatoms. The van der Waals surface area contributed by atoms with Crippen LogP contribution in [0.2, 0.25) is 0 Å². The molecule has 0 atom stereocenters. The third-order valence-electron chi connectivity index (χ3n) is 1.76. The lowest BCUT2D eigenvalue weighted by Crippen LogP contribution is -2.10. The van der Waals surface area contributed by atoms with Gasteiger partial charge in [-0.25, -0.2) is 0 Å². The topological polar surface area (TPSA) is 68.5 Å². The zero-order chi connectivity index (χ0) is 12.3. The monoisotopic (exact) mass is 264 g/mol. The van der Waals surface area contributed by atoms with Crippen molar-refractivity contribution in [2.75, 3.05) is 11.9 Å². The molecule has 0 aliphatic rings. The third-order valence-corrected chi connectivity index (χ3v) is 2.68. The molecule has 0 radical (unpaired) electrons. The predicted molar refractivity (Wildman–Crippen MR) is 53.4 cm³/mol. The number of nitrogens with one attached hydrogen (secondary N) is 1. The van der Waals surface area contributed by atoms with Crippen LogP contribution in [0.4, 0.5) is 18.3 Å². The molecule has 2 aromatic heterocycles. The summed E-state index contributed by atoms with van der Waals surface area (Å²) in [5.74, 6) is 0. The highest BCUT2D eigenvalue weighted by molar-refractivity contribution is 7.15. The number of anilines is 1. The minimum atomic E-state index is -4.44. The van der Waals surface area contributed by atoms with E-state index in [9.17, 15) is 13.2 Å². The first-order valence-corrected chi connectivity index (χ1v) is 5.36. The molecule has 0 unspecified atom stereocenters. The second kappa shape index (κ2) is 4.65. The van der Waals surface area contributed by atoms with Crippen molar-refractivity contribution < 1.29 is 13.2 Å². The molecule has 0 bridgehead atoms. The molecule has 6 nitrogen and oxygen atoms in total. The lowest BCUT2D eigenvalue weighted by molar-refractivity contribution is -0.138. The lowest BCUT2D eigenvalue weighted by atomic mass is 10.6. The van der Waals surface area contributed by atoms with Crippen LogP contribution in [0.25, 0.3) is 0 Å². The second-order valence-electron chi connectivity index (χ2n) is 3.00. The summed E-state index contributed by atoms with van der Waals surface area (Å²) in [5.41, 5.74) is 0. The molecule has 2 aromatic rings. The Labute approximate surface area is 97.5 Å². The molecule has 0 aliphatic carbocycles. The van der Waals surface area contributed by atoms with Crippen LogP contribution in [0.3, 0.4) is 0 Å². The van der Waals surface area contributed by atoms with Crippen LogP contribution >= 0.6 is 11.3 Å². The van der Waals surface area contributed by atoms with Crippen LogP contribution in [0.1, 0.15) is 5.01 Å². The van der Waals surface area contributed by atoms with Crippen LogP contribution in [-0.4, -0.2) is 31.7 Å². The van der Waals surface area contributed by atoms with E-state index in [1.54, 1.807) is 10.9 Å². The smallest absolute Gasteiger partial charge is 0.358 e. The number of hydrogen-bond donors (Lipinski definition) is 1. The number of nitrogens with zero attached hydrogens (tertiary/aromatic N) is 5. The van der Waals surface area contributed by atoms with E-state index in [0.29, 0.717) is 24.4 Å². The van der Waals surface area contributed by atoms with Crippen LogP contribution < -0.4 is 5.32 Å². The Morgan fingerprint density at radius 2 is 2.18 bits per heavy atom. The van der Waals surface area contributed by atoms with Gasteiger partial charge in [0, 0.05) is 12.7 Å². The largest absolute Gasteiger partial charge is 0.445 e. The molecule has 92 valence electrons. The molecule has 0 amide bonds. The Hall–Kier alpha value is -1.71. The molecule has 0 saturated heterocycles. The Morgan fingerprint density at radius 1 is 1.35 bits per heavy atom. The average molecular weight is 264 g/mol. The van der Waals surface area contributed by atoms with Gasteiger partial charge in [-0.15, -0.1) is 15.3 Å². The molecule has 0 aromatic carbocycles. The number of aromatic nitrogens is 5. The zero-order valence-corrected chi connectivity index (χ0v) is 9.16. The van der Waals surface area contributed by atoms with Gasteiger partial charge in [0.2, 0.25) is 10.1 Å². The highest BCUT2D eigenvalue weighted by atomic mass is 32.1. The summed E-state index contributed by atoms with van der Waals surface area (Å²) >= 11 is 0.473. The Kier molecular flexibility index (Phi) is 3.22. The van der Waals surface area contributed by atoms with Crippen molar-refractivity contribution >= 4 is 16.5 Å². The first-order valence-electron chi connectivity index (χ1n) is 4.54. The summed E-state index contributed by atoms with van der Waals surface area (Å²) < 4.78 is 38.2. The van der Waals surface area contributed by atoms with E-state index in [1.165, 1.54) is 6.20 Å². The summed E-state index contributed by atoms with van der Waals surface area (Å²) in [4.78, 5) is 0. The van der Waals surface area contributed by atoms with E-state index in [-0.39, 0.29) is 5.13 Å². The Bertz CT molecular complexity index is 464. The Morgan fingerprint density at radius 3 is 2.76 bits per heavy atom. The summed E-state index contributed by atoms with van der Waals surface area (Å²) in [5, 5.41) is 15.7. The van der Waals surface area contributed by atoms with Crippen molar-refractivity contribution in [3.63, 3.8) is 0 Å². The van der Waals surface area contributed by atoms with Crippen molar-refractivity contribution in [3.05, 3.63) is 17.4 Å². The fraction of sp³-hybridized carbons (Fsp3) is 0.429. The van der Waals surface area contributed by atoms with Gasteiger partial charge < -0.3 is 5.32 Å². The average Bonchev–Trinajstić information content (AvgIpc) is 2.86. The fourth-order valence-electron chi connectivity index (χ4n) is 1.04. The molecular formula is C7H7F3N6S. The molecule has 0 saturated carbocycles. The number of hydrogen-bond acceptors (Lipinski definition) is 6. The highest BCUT2D eigenvalue weighted by Gasteiger charge is 2.35. The van der Waals surface area contributed by atoms with E-state index in [4.69, 9.17) is 0 Å². The SMILES string of the molecule is FC(F)(F)c1nnc(NCCn2ccnn2)s1. The standard InChI is InChI=1S/C7H7F3N6S/c8-7(9,10)5-13-14-6(17-5)11-1-3-16-4-2-12-15-16/h2,4H,1,3H2,(H,11,14). The van der Waals surface area contributed by atoms with Gasteiger partial charge in [0.15, 0.2) is 0 Å². The van der Waals surface area contributed by atoms with E-state index >= 15 is 0 Å². The van der Waals surface area contributed by atoms with Crippen molar-refractivity contribution in [1.29, 1.82) is 0 Å². The van der Waals surface area contributed by atoms with Crippen LogP contribution in [0, 0.1) is 0 Å². The van der Waals surface area contributed by atoms with E-state index < -0.39 is 11.2 Å². The van der Waals surface area contributed by atoms with Gasteiger partial charge in [-0.3, -0.25) is 4.68 Å². The maximum Gasteiger partial charge on any atom is 0.445 e. The van der Waals surface area contributed by atoms with E-state index in [2.05, 4.69) is 25.8 Å². The first kappa shape index (κ1) is 11.8. The molecular weight excluding hydrogens is 257 g/mol. The molecule has 2 rings (SSSR count). The van der Waals surface area contributed by atoms with E-state index in [0.717, 1.165) is 0 Å². The molecule has 0 aliphatic heterocycles. The third kappa shape index (κ3) is 3.12. The Balaban J connectivity index is 1.85. The van der Waals surface area contributed by atoms with Crippen molar-refractivity contribution in [3.8, 4) is 0 Å². The molecule has 0 spiro atoms. The fourth-order valence-corrected chi connectivity index (χ4v) is 1.67. The van der Waals surface area contributed by atoms with Crippen LogP contribution in [0.5, 0.6) is 0 Å². The van der Waals surface area contributed by atoms with Gasteiger partial charge >= 0.3 is 6.18 Å². The molecule has 0 fully saturated rings. The summed E-state index contributed by atoms with van der Waals surface area (Å²) in [6, 6.07) is 0. The molecule has 2 heterocycles. The van der Waals surface area contributed by atoms with Crippen molar-refractivity contribution in [2.45, 2.75) is 12.7 Å². The highest BCUT2D eigenvalue weighted by Crippen LogP contribution is 2.32. The second-order valence-corrected chi connectivity index (χ2v) is 3.98. The van der Waals surface area contributed by atoms with E-state index in [1.807, 2.05) is 0 Å². The van der Waals surface area contributed by atoms with Gasteiger partial charge in [-0.05, 0) is 0 Å². The maximum absolute atomic E-state index is 12.2. The lowest BCUT2D eigenvalue weighted by Gasteiger charge is -2.01. The van der Waals surface area contributed by atoms with Gasteiger partial charge in [-0.1, -0.05) is 16.6 Å². The van der Waals surface area contributed by atoms with Gasteiger partial charge in [0.1, 0.15) is 0 Å². The predicted octanol–water partition coefficient (Wildman–Crippen LogP) is 1.26. The van der Waals surface area contributed by atoms with Gasteiger partial charge in [0.05, 0.1) is 12.7 Å². The minimum Gasteiger partial charge on any atom is -0.358 e. The quantitative estimate of drug-likeness (QED) is 0.900. The van der Waals surface area contributed by atoms with Crippen LogP contribution in [-0.2, 0) is 12.7 Å².